The van der Waals surface area contributed by atoms with Gasteiger partial charge in [0, 0.05) is 49.4 Å². The van der Waals surface area contributed by atoms with Crippen molar-refractivity contribution in [2.45, 2.75) is 44.7 Å². The maximum absolute atomic E-state index is 13.6. The number of fused-ring (bicyclic) bond motifs is 1. The minimum absolute atomic E-state index is 0.0518. The number of carbonyl (C=O) groups excluding carboxylic acids is 1. The molecule has 0 atom stereocenters. The number of rotatable bonds is 10. The molecular formula is C35H34ClN7O6. The van der Waals surface area contributed by atoms with E-state index in [1.165, 1.54) is 23.6 Å². The number of alkyl carbamates (subject to hydrolysis) is 1. The molecule has 1 fully saturated rings. The van der Waals surface area contributed by atoms with Crippen LogP contribution < -0.4 is 10.9 Å². The first-order valence-corrected chi connectivity index (χ1v) is 16.2. The molecule has 252 valence electrons. The number of halogens is 1. The maximum Gasteiger partial charge on any atom is 0.407 e. The molecule has 0 aliphatic carbocycles. The molecular weight excluding hydrogens is 650 g/mol. The Kier molecular flexibility index (Phi) is 9.04. The van der Waals surface area contributed by atoms with Crippen molar-refractivity contribution in [2.24, 2.45) is 7.05 Å². The molecule has 0 radical (unpaired) electrons. The highest BCUT2D eigenvalue weighted by Crippen LogP contribution is 2.30. The lowest BCUT2D eigenvalue weighted by Gasteiger charge is -2.38. The Morgan fingerprint density at radius 2 is 1.88 bits per heavy atom. The molecule has 2 N–H and O–H groups in total. The van der Waals surface area contributed by atoms with Crippen LogP contribution in [0.5, 0.6) is 0 Å². The molecule has 7 rings (SSSR count). The molecule has 2 aromatic carbocycles. The Labute approximate surface area is 285 Å². The fourth-order valence-electron chi connectivity index (χ4n) is 6.10. The smallest absolute Gasteiger partial charge is 0.407 e. The van der Waals surface area contributed by atoms with Crippen molar-refractivity contribution in [1.29, 1.82) is 0 Å². The van der Waals surface area contributed by atoms with Gasteiger partial charge in [-0.1, -0.05) is 48.0 Å². The van der Waals surface area contributed by atoms with Crippen LogP contribution in [0.15, 0.2) is 93.4 Å². The number of ether oxygens (including phenoxy) is 1. The zero-order chi connectivity index (χ0) is 34.0. The van der Waals surface area contributed by atoms with Gasteiger partial charge in [0.15, 0.2) is 24.3 Å². The average Bonchev–Trinajstić information content (AvgIpc) is 3.89. The van der Waals surface area contributed by atoms with Gasteiger partial charge in [-0.25, -0.2) is 14.8 Å². The van der Waals surface area contributed by atoms with Gasteiger partial charge < -0.3 is 24.0 Å². The summed E-state index contributed by atoms with van der Waals surface area (Å²) >= 11 is 6.59. The number of oxazole rings is 1. The summed E-state index contributed by atoms with van der Waals surface area (Å²) in [5.74, 6) is 1.22. The van der Waals surface area contributed by atoms with Gasteiger partial charge in [0.25, 0.3) is 5.56 Å². The number of benzene rings is 2. The largest absolute Gasteiger partial charge is 0.466 e. The zero-order valence-electron chi connectivity index (χ0n) is 26.7. The maximum atomic E-state index is 13.6. The molecule has 0 bridgehead atoms. The van der Waals surface area contributed by atoms with Crippen LogP contribution in [0.3, 0.4) is 0 Å². The number of carbonyl (C=O) groups is 1. The highest BCUT2D eigenvalue weighted by atomic mass is 35.5. The van der Waals surface area contributed by atoms with E-state index in [-0.39, 0.29) is 30.8 Å². The normalized spacial score (nSPS) is 14.7. The lowest BCUT2D eigenvalue weighted by molar-refractivity contribution is -0.0364. The highest BCUT2D eigenvalue weighted by molar-refractivity contribution is 6.31. The van der Waals surface area contributed by atoms with Crippen LogP contribution in [0, 0.1) is 0 Å². The van der Waals surface area contributed by atoms with Crippen molar-refractivity contribution in [3.8, 4) is 22.6 Å². The number of nitrogens with zero attached hydrogens (tertiary/aromatic N) is 6. The lowest BCUT2D eigenvalue weighted by Crippen LogP contribution is -2.47. The van der Waals surface area contributed by atoms with Gasteiger partial charge >= 0.3 is 6.09 Å². The van der Waals surface area contributed by atoms with Crippen molar-refractivity contribution in [2.75, 3.05) is 13.1 Å². The number of nitrogens with one attached hydrogen (secondary N) is 1. The molecule has 1 aliphatic rings. The van der Waals surface area contributed by atoms with Crippen LogP contribution in [-0.4, -0.2) is 59.1 Å². The Bertz CT molecular complexity index is 2120. The van der Waals surface area contributed by atoms with E-state index < -0.39 is 11.7 Å². The predicted octanol–water partition coefficient (Wildman–Crippen LogP) is 5.15. The number of aromatic nitrogens is 5. The van der Waals surface area contributed by atoms with E-state index >= 15 is 0 Å². The average molecular weight is 684 g/mol. The third-order valence-electron chi connectivity index (χ3n) is 8.82. The van der Waals surface area contributed by atoms with Gasteiger partial charge in [-0.2, -0.15) is 5.10 Å². The fourth-order valence-corrected chi connectivity index (χ4v) is 6.34. The monoisotopic (exact) mass is 683 g/mol. The second kappa shape index (κ2) is 13.7. The Hall–Kier alpha value is -5.24. The number of hydrogen-bond acceptors (Lipinski definition) is 10. The number of aryl methyl sites for hydroxylation is 1. The predicted molar refractivity (Wildman–Crippen MR) is 180 cm³/mol. The second-order valence-corrected chi connectivity index (χ2v) is 12.6. The van der Waals surface area contributed by atoms with E-state index in [1.54, 1.807) is 30.1 Å². The minimum atomic E-state index is -1.07. The summed E-state index contributed by atoms with van der Waals surface area (Å²) in [6.45, 7) is 2.38. The standard InChI is InChI=1S/C35H34ClN7O6/c1-41-32(24-6-4-23(5-7-24)16-38-34(45)48-19-27-3-2-14-47-27)30-31(40-41)33(44)43(21-39-30)20-35(46)10-12-42(13-11-35)18-26-9-8-25(15-28(26)36)29-17-37-22-49-29/h2-9,14-15,17,21-22,46H,10-13,16,18-20H2,1H3,(H,38,45). The van der Waals surface area contributed by atoms with E-state index in [2.05, 4.69) is 25.3 Å². The van der Waals surface area contributed by atoms with Crippen LogP contribution in [0.4, 0.5) is 4.79 Å². The van der Waals surface area contributed by atoms with Crippen molar-refractivity contribution in [3.05, 3.63) is 112 Å². The molecule has 0 unspecified atom stereocenters. The molecule has 6 aromatic rings. The van der Waals surface area contributed by atoms with Crippen LogP contribution >= 0.6 is 11.6 Å². The van der Waals surface area contributed by atoms with Gasteiger partial charge in [-0.15, -0.1) is 0 Å². The summed E-state index contributed by atoms with van der Waals surface area (Å²) in [6, 6.07) is 16.8. The number of amides is 1. The molecule has 1 saturated heterocycles. The Balaban J connectivity index is 0.970. The SMILES string of the molecule is Cn1nc2c(=O)n(CC3(O)CCN(Cc4ccc(-c5cnco5)cc4Cl)CC3)cnc2c1-c1ccc(CNC(=O)OCc2ccco2)cc1. The molecule has 4 aromatic heterocycles. The Morgan fingerprint density at radius 3 is 2.59 bits per heavy atom. The van der Waals surface area contributed by atoms with E-state index in [0.717, 1.165) is 22.3 Å². The van der Waals surface area contributed by atoms with Crippen molar-refractivity contribution >= 4 is 28.7 Å². The minimum Gasteiger partial charge on any atom is -0.466 e. The number of likely N-dealkylation sites (tertiary alicyclic amines) is 1. The van der Waals surface area contributed by atoms with Crippen LogP contribution in [0.2, 0.25) is 5.02 Å². The number of hydrogen-bond donors (Lipinski definition) is 2. The molecule has 1 amide bonds. The van der Waals surface area contributed by atoms with Gasteiger partial charge in [0.1, 0.15) is 11.3 Å². The topological polar surface area (TPSA) is 154 Å². The fraction of sp³-hybridized carbons (Fsp3) is 0.286. The van der Waals surface area contributed by atoms with E-state index in [0.29, 0.717) is 60.2 Å². The molecule has 13 nitrogen and oxygen atoms in total. The van der Waals surface area contributed by atoms with Crippen molar-refractivity contribution in [1.82, 2.24) is 34.5 Å². The Morgan fingerprint density at radius 1 is 1.08 bits per heavy atom. The van der Waals surface area contributed by atoms with E-state index in [9.17, 15) is 14.7 Å². The molecule has 14 heteroatoms. The van der Waals surface area contributed by atoms with Gasteiger partial charge in [0.05, 0.1) is 36.6 Å². The van der Waals surface area contributed by atoms with E-state index in [1.807, 2.05) is 42.5 Å². The quantitative estimate of drug-likeness (QED) is 0.198. The highest BCUT2D eigenvalue weighted by Gasteiger charge is 2.33. The van der Waals surface area contributed by atoms with E-state index in [4.69, 9.17) is 25.2 Å². The first-order valence-electron chi connectivity index (χ1n) is 15.8. The first-order chi connectivity index (χ1) is 23.7. The van der Waals surface area contributed by atoms with Crippen LogP contribution in [0.25, 0.3) is 33.6 Å². The summed E-state index contributed by atoms with van der Waals surface area (Å²) in [7, 11) is 1.77. The second-order valence-electron chi connectivity index (χ2n) is 12.2. The first kappa shape index (κ1) is 32.3. The van der Waals surface area contributed by atoms with Crippen molar-refractivity contribution in [3.63, 3.8) is 0 Å². The third-order valence-corrected chi connectivity index (χ3v) is 9.17. The molecule has 0 spiro atoms. The summed E-state index contributed by atoms with van der Waals surface area (Å²) in [6.07, 6.45) is 6.47. The summed E-state index contributed by atoms with van der Waals surface area (Å²) in [5.41, 5.74) is 3.55. The van der Waals surface area contributed by atoms with Gasteiger partial charge in [0.2, 0.25) is 0 Å². The molecule has 49 heavy (non-hydrogen) atoms. The summed E-state index contributed by atoms with van der Waals surface area (Å²) in [4.78, 5) is 36.4. The van der Waals surface area contributed by atoms with Gasteiger partial charge in [-0.05, 0) is 42.2 Å². The molecule has 1 aliphatic heterocycles. The number of piperidine rings is 1. The summed E-state index contributed by atoms with van der Waals surface area (Å²) in [5, 5.41) is 19.4. The third kappa shape index (κ3) is 7.14. The number of aliphatic hydroxyl groups is 1. The van der Waals surface area contributed by atoms with Crippen LogP contribution in [0.1, 0.15) is 29.7 Å². The molecule has 0 saturated carbocycles. The number of furan rings is 1. The summed E-state index contributed by atoms with van der Waals surface area (Å²) < 4.78 is 18.8. The van der Waals surface area contributed by atoms with Crippen LogP contribution in [-0.2, 0) is 38.0 Å². The zero-order valence-corrected chi connectivity index (χ0v) is 27.5. The lowest BCUT2D eigenvalue weighted by atomic mass is 9.91. The molecule has 5 heterocycles. The van der Waals surface area contributed by atoms with Gasteiger partial charge in [-0.3, -0.25) is 18.9 Å². The van der Waals surface area contributed by atoms with Crippen molar-refractivity contribution < 1.29 is 23.5 Å².